The minimum Gasteiger partial charge on any atom is -0.310 e. The van der Waals surface area contributed by atoms with E-state index in [0.29, 0.717) is 0 Å². The zero-order valence-corrected chi connectivity index (χ0v) is 12.5. The van der Waals surface area contributed by atoms with Gasteiger partial charge in [-0.05, 0) is 59.9 Å². The predicted octanol–water partition coefficient (Wildman–Crippen LogP) is 2.86. The number of nitrogens with zero attached hydrogens (tertiary/aromatic N) is 1. The summed E-state index contributed by atoms with van der Waals surface area (Å²) in [5, 5.41) is 3.31. The van der Waals surface area contributed by atoms with Crippen molar-refractivity contribution in [2.24, 2.45) is 0 Å². The van der Waals surface area contributed by atoms with Gasteiger partial charge in [0.05, 0.1) is 11.7 Å². The molecule has 1 atom stereocenters. The molecule has 0 saturated carbocycles. The number of rotatable bonds is 4. The molecule has 0 radical (unpaired) electrons. The Morgan fingerprint density at radius 2 is 2.28 bits per heavy atom. The summed E-state index contributed by atoms with van der Waals surface area (Å²) in [5.41, 5.74) is 2.16. The summed E-state index contributed by atoms with van der Waals surface area (Å²) >= 11 is 3.53. The highest BCUT2D eigenvalue weighted by atomic mass is 79.9. The number of amides is 1. The van der Waals surface area contributed by atoms with Gasteiger partial charge in [0.1, 0.15) is 0 Å². The molecule has 0 bridgehead atoms. The molecule has 0 spiro atoms. The van der Waals surface area contributed by atoms with E-state index in [1.807, 2.05) is 24.0 Å². The Morgan fingerprint density at radius 3 is 3.00 bits per heavy atom. The minimum absolute atomic E-state index is 0.0163. The van der Waals surface area contributed by atoms with Crippen molar-refractivity contribution >= 4 is 27.5 Å². The van der Waals surface area contributed by atoms with Crippen LogP contribution in [0.3, 0.4) is 0 Å². The van der Waals surface area contributed by atoms with Crippen molar-refractivity contribution in [2.75, 3.05) is 18.0 Å². The SMILES string of the molecule is CCCNC1CCN(c2cc(C)ccc2Br)C1=O. The van der Waals surface area contributed by atoms with Crippen molar-refractivity contribution in [1.29, 1.82) is 0 Å². The molecular formula is C14H19BrN2O. The maximum Gasteiger partial charge on any atom is 0.244 e. The molecule has 2 rings (SSSR count). The second-order valence-electron chi connectivity index (χ2n) is 4.74. The van der Waals surface area contributed by atoms with Gasteiger partial charge in [0.15, 0.2) is 0 Å². The predicted molar refractivity (Wildman–Crippen MR) is 77.9 cm³/mol. The lowest BCUT2D eigenvalue weighted by Crippen LogP contribution is -2.38. The molecule has 1 N–H and O–H groups in total. The van der Waals surface area contributed by atoms with E-state index in [4.69, 9.17) is 0 Å². The third-order valence-electron chi connectivity index (χ3n) is 3.24. The molecule has 1 aromatic rings. The molecular weight excluding hydrogens is 292 g/mol. The summed E-state index contributed by atoms with van der Waals surface area (Å²) in [6.07, 6.45) is 1.94. The average Bonchev–Trinajstić information content (AvgIpc) is 2.71. The van der Waals surface area contributed by atoms with Crippen LogP contribution < -0.4 is 10.2 Å². The van der Waals surface area contributed by atoms with E-state index in [0.717, 1.165) is 36.1 Å². The second-order valence-corrected chi connectivity index (χ2v) is 5.59. The lowest BCUT2D eigenvalue weighted by Gasteiger charge is -2.19. The first-order chi connectivity index (χ1) is 8.63. The first kappa shape index (κ1) is 13.6. The van der Waals surface area contributed by atoms with E-state index in [-0.39, 0.29) is 11.9 Å². The molecule has 0 aromatic heterocycles. The Balaban J connectivity index is 2.15. The number of benzene rings is 1. The first-order valence-corrected chi connectivity index (χ1v) is 7.23. The van der Waals surface area contributed by atoms with Crippen LogP contribution in [0.5, 0.6) is 0 Å². The van der Waals surface area contributed by atoms with Crippen LogP contribution in [0.4, 0.5) is 5.69 Å². The number of carbonyl (C=O) groups excluding carboxylic acids is 1. The molecule has 4 heteroatoms. The van der Waals surface area contributed by atoms with Gasteiger partial charge in [0, 0.05) is 11.0 Å². The lowest BCUT2D eigenvalue weighted by atomic mass is 10.2. The van der Waals surface area contributed by atoms with E-state index in [1.54, 1.807) is 0 Å². The molecule has 98 valence electrons. The third-order valence-corrected chi connectivity index (χ3v) is 3.91. The lowest BCUT2D eigenvalue weighted by molar-refractivity contribution is -0.118. The normalized spacial score (nSPS) is 19.6. The van der Waals surface area contributed by atoms with Gasteiger partial charge >= 0.3 is 0 Å². The number of nitrogens with one attached hydrogen (secondary N) is 1. The Kier molecular flexibility index (Phi) is 4.40. The third kappa shape index (κ3) is 2.75. The van der Waals surface area contributed by atoms with Crippen molar-refractivity contribution in [3.63, 3.8) is 0 Å². The van der Waals surface area contributed by atoms with Crippen molar-refractivity contribution in [1.82, 2.24) is 5.32 Å². The van der Waals surface area contributed by atoms with E-state index >= 15 is 0 Å². The molecule has 1 aliphatic heterocycles. The van der Waals surface area contributed by atoms with Crippen LogP contribution in [0, 0.1) is 6.92 Å². The number of hydrogen-bond acceptors (Lipinski definition) is 2. The van der Waals surface area contributed by atoms with Crippen molar-refractivity contribution in [3.8, 4) is 0 Å². The van der Waals surface area contributed by atoms with Gasteiger partial charge in [-0.1, -0.05) is 13.0 Å². The van der Waals surface area contributed by atoms with Gasteiger partial charge in [0.2, 0.25) is 5.91 Å². The quantitative estimate of drug-likeness (QED) is 0.927. The molecule has 1 amide bonds. The van der Waals surface area contributed by atoms with E-state index < -0.39 is 0 Å². The van der Waals surface area contributed by atoms with Crippen LogP contribution in [0.25, 0.3) is 0 Å². The molecule has 1 heterocycles. The first-order valence-electron chi connectivity index (χ1n) is 6.44. The minimum atomic E-state index is -0.0163. The monoisotopic (exact) mass is 310 g/mol. The van der Waals surface area contributed by atoms with Crippen molar-refractivity contribution < 1.29 is 4.79 Å². The fourth-order valence-corrected chi connectivity index (χ4v) is 2.72. The molecule has 1 unspecified atom stereocenters. The van der Waals surface area contributed by atoms with Crippen LogP contribution in [0.15, 0.2) is 22.7 Å². The van der Waals surface area contributed by atoms with Gasteiger partial charge in [-0.2, -0.15) is 0 Å². The Bertz CT molecular complexity index is 447. The summed E-state index contributed by atoms with van der Waals surface area (Å²) in [6.45, 7) is 5.85. The summed E-state index contributed by atoms with van der Waals surface area (Å²) < 4.78 is 0.984. The van der Waals surface area contributed by atoms with Gasteiger partial charge < -0.3 is 10.2 Å². The summed E-state index contributed by atoms with van der Waals surface area (Å²) in [6, 6.07) is 6.09. The smallest absolute Gasteiger partial charge is 0.244 e. The van der Waals surface area contributed by atoms with Crippen LogP contribution in [0.2, 0.25) is 0 Å². The highest BCUT2D eigenvalue weighted by Gasteiger charge is 2.32. The van der Waals surface area contributed by atoms with E-state index in [2.05, 4.69) is 34.2 Å². The average molecular weight is 311 g/mol. The number of aryl methyl sites for hydroxylation is 1. The summed E-state index contributed by atoms with van der Waals surface area (Å²) in [5.74, 6) is 0.190. The largest absolute Gasteiger partial charge is 0.310 e. The Hall–Kier alpha value is -0.870. The van der Waals surface area contributed by atoms with Gasteiger partial charge in [-0.3, -0.25) is 4.79 Å². The van der Waals surface area contributed by atoms with Gasteiger partial charge in [-0.15, -0.1) is 0 Å². The fraction of sp³-hybridized carbons (Fsp3) is 0.500. The highest BCUT2D eigenvalue weighted by molar-refractivity contribution is 9.10. The standard InChI is InChI=1S/C14H19BrN2O/c1-3-7-16-12-6-8-17(14(12)18)13-9-10(2)4-5-11(13)15/h4-5,9,12,16H,3,6-8H2,1-2H3. The fourth-order valence-electron chi connectivity index (χ4n) is 2.26. The number of anilines is 1. The Morgan fingerprint density at radius 1 is 1.50 bits per heavy atom. The van der Waals surface area contributed by atoms with Gasteiger partial charge in [-0.25, -0.2) is 0 Å². The van der Waals surface area contributed by atoms with Crippen LogP contribution in [0.1, 0.15) is 25.3 Å². The van der Waals surface area contributed by atoms with Crippen molar-refractivity contribution in [2.45, 2.75) is 32.7 Å². The summed E-state index contributed by atoms with van der Waals surface area (Å²) in [4.78, 5) is 14.2. The topological polar surface area (TPSA) is 32.3 Å². The molecule has 18 heavy (non-hydrogen) atoms. The number of halogens is 1. The molecule has 1 aliphatic rings. The molecule has 0 aliphatic carbocycles. The molecule has 3 nitrogen and oxygen atoms in total. The van der Waals surface area contributed by atoms with E-state index in [1.165, 1.54) is 5.56 Å². The molecule has 1 saturated heterocycles. The zero-order valence-electron chi connectivity index (χ0n) is 10.9. The van der Waals surface area contributed by atoms with Crippen molar-refractivity contribution in [3.05, 3.63) is 28.2 Å². The highest BCUT2D eigenvalue weighted by Crippen LogP contribution is 2.30. The Labute approximate surface area is 117 Å². The maximum absolute atomic E-state index is 12.3. The summed E-state index contributed by atoms with van der Waals surface area (Å²) in [7, 11) is 0. The maximum atomic E-state index is 12.3. The zero-order chi connectivity index (χ0) is 13.1. The number of carbonyl (C=O) groups is 1. The molecule has 1 aromatic carbocycles. The second kappa shape index (κ2) is 5.85. The van der Waals surface area contributed by atoms with Crippen LogP contribution in [-0.2, 0) is 4.79 Å². The van der Waals surface area contributed by atoms with E-state index in [9.17, 15) is 4.79 Å². The molecule has 1 fully saturated rings. The number of hydrogen-bond donors (Lipinski definition) is 1. The van der Waals surface area contributed by atoms with Crippen LogP contribution >= 0.6 is 15.9 Å². The van der Waals surface area contributed by atoms with Gasteiger partial charge in [0.25, 0.3) is 0 Å². The van der Waals surface area contributed by atoms with Crippen LogP contribution in [-0.4, -0.2) is 25.0 Å².